The zero-order chi connectivity index (χ0) is 25.8. The van der Waals surface area contributed by atoms with Gasteiger partial charge in [-0.2, -0.15) is 0 Å². The van der Waals surface area contributed by atoms with Crippen LogP contribution in [0.15, 0.2) is 42.6 Å². The minimum Gasteiger partial charge on any atom is -0.491 e. The smallest absolute Gasteiger partial charge is 0.272 e. The molecule has 9 heteroatoms. The number of aromatic nitrogens is 1. The van der Waals surface area contributed by atoms with Crippen LogP contribution in [-0.4, -0.2) is 78.5 Å². The Morgan fingerprint density at radius 2 is 1.92 bits per heavy atom. The Kier molecular flexibility index (Phi) is 7.88. The van der Waals surface area contributed by atoms with Crippen LogP contribution < -0.4 is 10.1 Å². The fourth-order valence-electron chi connectivity index (χ4n) is 4.36. The van der Waals surface area contributed by atoms with Crippen molar-refractivity contribution in [3.8, 4) is 5.75 Å². The predicted octanol–water partition coefficient (Wildman–Crippen LogP) is 3.08. The van der Waals surface area contributed by atoms with Crippen molar-refractivity contribution in [2.75, 3.05) is 39.2 Å². The van der Waals surface area contributed by atoms with Gasteiger partial charge in [0.05, 0.1) is 17.7 Å². The second-order valence-electron chi connectivity index (χ2n) is 9.74. The van der Waals surface area contributed by atoms with Crippen LogP contribution in [0.2, 0.25) is 0 Å². The summed E-state index contributed by atoms with van der Waals surface area (Å²) in [4.78, 5) is 46.6. The highest BCUT2D eigenvalue weighted by molar-refractivity contribution is 5.99. The molecule has 9 nitrogen and oxygen atoms in total. The Balaban J connectivity index is 1.66. The van der Waals surface area contributed by atoms with Crippen molar-refractivity contribution >= 4 is 23.4 Å². The van der Waals surface area contributed by atoms with Crippen LogP contribution in [0, 0.1) is 11.8 Å². The number of carbonyl (C=O) groups excluding carboxylic acids is 3. The minimum atomic E-state index is -0.315. The lowest BCUT2D eigenvalue weighted by atomic mass is 10.0. The van der Waals surface area contributed by atoms with Crippen molar-refractivity contribution < 1.29 is 23.9 Å². The van der Waals surface area contributed by atoms with Gasteiger partial charge in [0.25, 0.3) is 11.8 Å². The van der Waals surface area contributed by atoms with Gasteiger partial charge in [-0.3, -0.25) is 19.4 Å². The van der Waals surface area contributed by atoms with E-state index in [4.69, 9.17) is 9.47 Å². The molecule has 3 amide bonds. The molecule has 1 aliphatic carbocycles. The van der Waals surface area contributed by atoms with E-state index < -0.39 is 0 Å². The molecule has 192 valence electrons. The minimum absolute atomic E-state index is 0.0241. The third-order valence-corrected chi connectivity index (χ3v) is 6.81. The lowest BCUT2D eigenvalue weighted by Gasteiger charge is -2.36. The molecular weight excluding hydrogens is 460 g/mol. The predicted molar refractivity (Wildman–Crippen MR) is 135 cm³/mol. The average Bonchev–Trinajstić information content (AvgIpc) is 3.74. The van der Waals surface area contributed by atoms with Crippen molar-refractivity contribution in [1.29, 1.82) is 0 Å². The Labute approximate surface area is 211 Å². The summed E-state index contributed by atoms with van der Waals surface area (Å²) in [5, 5.41) is 2.91. The van der Waals surface area contributed by atoms with E-state index in [0.29, 0.717) is 35.8 Å². The number of nitrogens with one attached hydrogen (secondary N) is 1. The zero-order valence-electron chi connectivity index (χ0n) is 21.3. The van der Waals surface area contributed by atoms with Crippen LogP contribution in [0.5, 0.6) is 5.75 Å². The average molecular weight is 495 g/mol. The molecule has 0 spiro atoms. The molecule has 1 aromatic heterocycles. The molecule has 1 saturated carbocycles. The summed E-state index contributed by atoms with van der Waals surface area (Å²) >= 11 is 0. The standard InChI is InChI=1S/C27H34N4O5/c1-17-14-31(27(34)22-7-5-6-12-28-22)18(2)16-36-23-13-20(29-25(32)19-8-9-19)10-11-21(23)26(33)30(3)15-24(17)35-4/h5-7,10-13,17-19,24H,8-9,14-16H2,1-4H3,(H,29,32)/t17-,18-,24+/m1/s1. The summed E-state index contributed by atoms with van der Waals surface area (Å²) in [6.45, 7) is 4.83. The maximum absolute atomic E-state index is 13.4. The molecule has 2 aromatic rings. The number of ether oxygens (including phenoxy) is 2. The number of pyridine rings is 1. The van der Waals surface area contributed by atoms with Gasteiger partial charge in [0, 0.05) is 57.0 Å². The summed E-state index contributed by atoms with van der Waals surface area (Å²) in [6, 6.07) is 10.0. The second-order valence-corrected chi connectivity index (χ2v) is 9.74. The first-order chi connectivity index (χ1) is 17.3. The molecule has 0 bridgehead atoms. The normalized spacial score (nSPS) is 23.1. The van der Waals surface area contributed by atoms with Gasteiger partial charge in [0.2, 0.25) is 5.91 Å². The topological polar surface area (TPSA) is 101 Å². The summed E-state index contributed by atoms with van der Waals surface area (Å²) in [7, 11) is 3.34. The molecule has 1 aromatic carbocycles. The highest BCUT2D eigenvalue weighted by Crippen LogP contribution is 2.32. The molecule has 2 aliphatic rings. The van der Waals surface area contributed by atoms with Gasteiger partial charge in [0.15, 0.2) is 0 Å². The van der Waals surface area contributed by atoms with Gasteiger partial charge in [0.1, 0.15) is 18.1 Å². The quantitative estimate of drug-likeness (QED) is 0.701. The Morgan fingerprint density at radius 3 is 2.58 bits per heavy atom. The van der Waals surface area contributed by atoms with Crippen LogP contribution >= 0.6 is 0 Å². The fourth-order valence-corrected chi connectivity index (χ4v) is 4.36. The van der Waals surface area contributed by atoms with E-state index in [2.05, 4.69) is 10.3 Å². The first kappa shape index (κ1) is 25.6. The van der Waals surface area contributed by atoms with E-state index in [-0.39, 0.29) is 48.3 Å². The van der Waals surface area contributed by atoms with Gasteiger partial charge in [-0.25, -0.2) is 0 Å². The summed E-state index contributed by atoms with van der Waals surface area (Å²) in [5.41, 5.74) is 1.32. The number of fused-ring (bicyclic) bond motifs is 1. The molecule has 1 N–H and O–H groups in total. The number of benzene rings is 1. The number of likely N-dealkylation sites (N-methyl/N-ethyl adjacent to an activating group) is 1. The van der Waals surface area contributed by atoms with Crippen LogP contribution in [-0.2, 0) is 9.53 Å². The molecule has 36 heavy (non-hydrogen) atoms. The molecule has 0 saturated heterocycles. The SMILES string of the molecule is CO[C@H]1CN(C)C(=O)c2ccc(NC(=O)C3CC3)cc2OC[C@@H](C)N(C(=O)c2ccccn2)C[C@H]1C. The van der Waals surface area contributed by atoms with Gasteiger partial charge in [-0.1, -0.05) is 13.0 Å². The van der Waals surface area contributed by atoms with E-state index >= 15 is 0 Å². The van der Waals surface area contributed by atoms with Crippen LogP contribution in [0.25, 0.3) is 0 Å². The number of carbonyl (C=O) groups is 3. The third-order valence-electron chi connectivity index (χ3n) is 6.81. The van der Waals surface area contributed by atoms with Crippen LogP contribution in [0.4, 0.5) is 5.69 Å². The number of anilines is 1. The molecule has 4 rings (SSSR count). The van der Waals surface area contributed by atoms with Gasteiger partial charge < -0.3 is 24.6 Å². The fraction of sp³-hybridized carbons (Fsp3) is 0.481. The van der Waals surface area contributed by atoms with Crippen molar-refractivity contribution in [3.63, 3.8) is 0 Å². The van der Waals surface area contributed by atoms with Crippen LogP contribution in [0.1, 0.15) is 47.5 Å². The molecule has 0 radical (unpaired) electrons. The van der Waals surface area contributed by atoms with E-state index in [1.54, 1.807) is 66.6 Å². The molecule has 1 fully saturated rings. The number of hydrogen-bond donors (Lipinski definition) is 1. The number of amides is 3. The lowest BCUT2D eigenvalue weighted by molar-refractivity contribution is -0.117. The number of hydrogen-bond acceptors (Lipinski definition) is 6. The van der Waals surface area contributed by atoms with Crippen molar-refractivity contribution in [3.05, 3.63) is 53.9 Å². The molecule has 3 atom stereocenters. The molecule has 2 heterocycles. The second kappa shape index (κ2) is 11.1. The van der Waals surface area contributed by atoms with E-state index in [9.17, 15) is 14.4 Å². The Bertz CT molecular complexity index is 1100. The lowest BCUT2D eigenvalue weighted by Crippen LogP contribution is -2.48. The van der Waals surface area contributed by atoms with E-state index in [1.165, 1.54) is 0 Å². The number of rotatable bonds is 4. The monoisotopic (exact) mass is 494 g/mol. The Hall–Kier alpha value is -3.46. The highest BCUT2D eigenvalue weighted by atomic mass is 16.5. The Morgan fingerprint density at radius 1 is 1.14 bits per heavy atom. The number of methoxy groups -OCH3 is 1. The molecular formula is C27H34N4O5. The summed E-state index contributed by atoms with van der Waals surface area (Å²) in [6.07, 6.45) is 3.10. The van der Waals surface area contributed by atoms with E-state index in [0.717, 1.165) is 12.8 Å². The zero-order valence-corrected chi connectivity index (χ0v) is 21.3. The van der Waals surface area contributed by atoms with E-state index in [1.807, 2.05) is 13.8 Å². The maximum Gasteiger partial charge on any atom is 0.272 e. The largest absolute Gasteiger partial charge is 0.491 e. The van der Waals surface area contributed by atoms with Crippen LogP contribution in [0.3, 0.4) is 0 Å². The van der Waals surface area contributed by atoms with Gasteiger partial charge in [-0.15, -0.1) is 0 Å². The first-order valence-corrected chi connectivity index (χ1v) is 12.4. The molecule has 0 unspecified atom stereocenters. The first-order valence-electron chi connectivity index (χ1n) is 12.4. The van der Waals surface area contributed by atoms with Crippen molar-refractivity contribution in [2.45, 2.75) is 38.8 Å². The summed E-state index contributed by atoms with van der Waals surface area (Å²) in [5.74, 6) is -0.0586. The summed E-state index contributed by atoms with van der Waals surface area (Å²) < 4.78 is 11.9. The highest BCUT2D eigenvalue weighted by Gasteiger charge is 2.32. The maximum atomic E-state index is 13.4. The van der Waals surface area contributed by atoms with Gasteiger partial charge >= 0.3 is 0 Å². The number of nitrogens with zero attached hydrogens (tertiary/aromatic N) is 3. The van der Waals surface area contributed by atoms with Crippen molar-refractivity contribution in [2.24, 2.45) is 11.8 Å². The third kappa shape index (κ3) is 5.84. The van der Waals surface area contributed by atoms with Gasteiger partial charge in [-0.05, 0) is 44.0 Å². The molecule has 1 aliphatic heterocycles. The van der Waals surface area contributed by atoms with Crippen molar-refractivity contribution in [1.82, 2.24) is 14.8 Å².